The second-order valence-corrected chi connectivity index (χ2v) is 5.83. The van der Waals surface area contributed by atoms with Crippen molar-refractivity contribution in [1.29, 1.82) is 0 Å². The third kappa shape index (κ3) is 2.92. The number of nitrogens with one attached hydrogen (secondary N) is 1. The molecule has 2 aromatic rings. The van der Waals surface area contributed by atoms with Crippen LogP contribution in [0.5, 0.6) is 5.75 Å². The molecule has 1 saturated heterocycles. The van der Waals surface area contributed by atoms with Crippen LogP contribution in [0.4, 0.5) is 0 Å². The molecule has 4 nitrogen and oxygen atoms in total. The lowest BCUT2D eigenvalue weighted by Crippen LogP contribution is -2.35. The fraction of sp³-hybridized carbons (Fsp3) is 0.529. The molecule has 2 heterocycles. The predicted octanol–water partition coefficient (Wildman–Crippen LogP) is 3.52. The molecule has 1 fully saturated rings. The van der Waals surface area contributed by atoms with Gasteiger partial charge in [-0.3, -0.25) is 0 Å². The lowest BCUT2D eigenvalue weighted by Gasteiger charge is -2.22. The Balaban J connectivity index is 1.76. The van der Waals surface area contributed by atoms with E-state index in [1.54, 1.807) is 7.11 Å². The van der Waals surface area contributed by atoms with Crippen LogP contribution in [0.3, 0.4) is 0 Å². The van der Waals surface area contributed by atoms with Gasteiger partial charge in [-0.1, -0.05) is 12.1 Å². The number of hydrogen-bond donors (Lipinski definition) is 1. The topological polar surface area (TPSA) is 43.6 Å². The normalized spacial score (nSPS) is 21.6. The van der Waals surface area contributed by atoms with E-state index in [-0.39, 0.29) is 6.04 Å². The standard InChI is InChI=1S/C17H23NO3/c1-11(14-7-8-20-10-14)18-12(2)16-9-13-5-4-6-15(19-3)17(13)21-16/h4-6,9,11-12,14,18H,7-8,10H2,1-3H3. The summed E-state index contributed by atoms with van der Waals surface area (Å²) >= 11 is 0. The first-order chi connectivity index (χ1) is 10.2. The summed E-state index contributed by atoms with van der Waals surface area (Å²) in [5.41, 5.74) is 0.820. The smallest absolute Gasteiger partial charge is 0.176 e. The molecular formula is C17H23NO3. The summed E-state index contributed by atoms with van der Waals surface area (Å²) in [5.74, 6) is 2.31. The molecule has 0 saturated carbocycles. The molecule has 114 valence electrons. The molecule has 0 spiro atoms. The van der Waals surface area contributed by atoms with E-state index in [1.807, 2.05) is 18.2 Å². The largest absolute Gasteiger partial charge is 0.493 e. The summed E-state index contributed by atoms with van der Waals surface area (Å²) in [6, 6.07) is 8.62. The van der Waals surface area contributed by atoms with E-state index in [2.05, 4.69) is 25.2 Å². The summed E-state index contributed by atoms with van der Waals surface area (Å²) in [6.07, 6.45) is 1.13. The zero-order chi connectivity index (χ0) is 14.8. The number of para-hydroxylation sites is 1. The summed E-state index contributed by atoms with van der Waals surface area (Å²) in [7, 11) is 1.67. The second-order valence-electron chi connectivity index (χ2n) is 5.83. The van der Waals surface area contributed by atoms with Gasteiger partial charge in [-0.25, -0.2) is 0 Å². The molecule has 1 aromatic heterocycles. The Morgan fingerprint density at radius 1 is 1.33 bits per heavy atom. The maximum atomic E-state index is 6.00. The predicted molar refractivity (Wildman–Crippen MR) is 82.7 cm³/mol. The molecule has 0 aliphatic carbocycles. The van der Waals surface area contributed by atoms with E-state index in [0.717, 1.165) is 42.1 Å². The molecule has 1 aliphatic rings. The van der Waals surface area contributed by atoms with Gasteiger partial charge in [-0.15, -0.1) is 0 Å². The highest BCUT2D eigenvalue weighted by Crippen LogP contribution is 2.31. The first-order valence-corrected chi connectivity index (χ1v) is 7.59. The fourth-order valence-electron chi connectivity index (χ4n) is 2.99. The number of furan rings is 1. The lowest BCUT2D eigenvalue weighted by atomic mass is 10.00. The molecule has 0 amide bonds. The molecule has 0 radical (unpaired) electrons. The van der Waals surface area contributed by atoms with Gasteiger partial charge >= 0.3 is 0 Å². The minimum absolute atomic E-state index is 0.165. The van der Waals surface area contributed by atoms with Crippen molar-refractivity contribution in [2.45, 2.75) is 32.4 Å². The van der Waals surface area contributed by atoms with Crippen LogP contribution in [0.1, 0.15) is 32.1 Å². The van der Waals surface area contributed by atoms with E-state index in [1.165, 1.54) is 0 Å². The van der Waals surface area contributed by atoms with Crippen molar-refractivity contribution in [3.05, 3.63) is 30.0 Å². The highest BCUT2D eigenvalue weighted by atomic mass is 16.5. The third-order valence-electron chi connectivity index (χ3n) is 4.36. The molecule has 1 N–H and O–H groups in total. The highest BCUT2D eigenvalue weighted by Gasteiger charge is 2.24. The Morgan fingerprint density at radius 3 is 2.90 bits per heavy atom. The third-order valence-corrected chi connectivity index (χ3v) is 4.36. The van der Waals surface area contributed by atoms with Gasteiger partial charge in [0.2, 0.25) is 0 Å². The van der Waals surface area contributed by atoms with Crippen LogP contribution in [-0.4, -0.2) is 26.4 Å². The van der Waals surface area contributed by atoms with Crippen molar-refractivity contribution in [2.75, 3.05) is 20.3 Å². The average molecular weight is 289 g/mol. The average Bonchev–Trinajstić information content (AvgIpc) is 3.15. The van der Waals surface area contributed by atoms with Gasteiger partial charge in [0, 0.05) is 18.0 Å². The van der Waals surface area contributed by atoms with Crippen LogP contribution in [0.2, 0.25) is 0 Å². The van der Waals surface area contributed by atoms with Gasteiger partial charge in [-0.2, -0.15) is 0 Å². The van der Waals surface area contributed by atoms with Crippen molar-refractivity contribution in [3.8, 4) is 5.75 Å². The zero-order valence-corrected chi connectivity index (χ0v) is 12.9. The van der Waals surface area contributed by atoms with E-state index in [4.69, 9.17) is 13.9 Å². The fourth-order valence-corrected chi connectivity index (χ4v) is 2.99. The summed E-state index contributed by atoms with van der Waals surface area (Å²) < 4.78 is 16.8. The van der Waals surface area contributed by atoms with Gasteiger partial charge in [0.25, 0.3) is 0 Å². The summed E-state index contributed by atoms with van der Waals surface area (Å²) in [5, 5.41) is 4.70. The van der Waals surface area contributed by atoms with Crippen molar-refractivity contribution in [2.24, 2.45) is 5.92 Å². The van der Waals surface area contributed by atoms with Gasteiger partial charge in [0.15, 0.2) is 11.3 Å². The van der Waals surface area contributed by atoms with Gasteiger partial charge in [-0.05, 0) is 38.3 Å². The van der Waals surface area contributed by atoms with E-state index < -0.39 is 0 Å². The first kappa shape index (κ1) is 14.4. The molecule has 3 unspecified atom stereocenters. The van der Waals surface area contributed by atoms with Gasteiger partial charge < -0.3 is 19.2 Å². The Hall–Kier alpha value is -1.52. The van der Waals surface area contributed by atoms with Gasteiger partial charge in [0.1, 0.15) is 5.76 Å². The van der Waals surface area contributed by atoms with Gasteiger partial charge in [0.05, 0.1) is 19.8 Å². The Kier molecular flexibility index (Phi) is 4.17. The minimum atomic E-state index is 0.165. The number of benzene rings is 1. The second kappa shape index (κ2) is 6.08. The number of fused-ring (bicyclic) bond motifs is 1. The minimum Gasteiger partial charge on any atom is -0.493 e. The number of hydrogen-bond acceptors (Lipinski definition) is 4. The highest BCUT2D eigenvalue weighted by molar-refractivity contribution is 5.83. The molecule has 4 heteroatoms. The SMILES string of the molecule is COc1cccc2cc(C(C)NC(C)C3CCOC3)oc12. The van der Waals surface area contributed by atoms with Crippen molar-refractivity contribution < 1.29 is 13.9 Å². The maximum Gasteiger partial charge on any atom is 0.176 e. The van der Waals surface area contributed by atoms with Crippen LogP contribution in [0.15, 0.2) is 28.7 Å². The molecule has 1 aromatic carbocycles. The van der Waals surface area contributed by atoms with Crippen LogP contribution in [0.25, 0.3) is 11.0 Å². The maximum absolute atomic E-state index is 6.00. The monoisotopic (exact) mass is 289 g/mol. The zero-order valence-electron chi connectivity index (χ0n) is 12.9. The molecule has 1 aliphatic heterocycles. The van der Waals surface area contributed by atoms with Crippen LogP contribution in [0, 0.1) is 5.92 Å². The molecule has 3 atom stereocenters. The van der Waals surface area contributed by atoms with E-state index in [9.17, 15) is 0 Å². The Bertz CT molecular complexity index is 601. The van der Waals surface area contributed by atoms with Crippen molar-refractivity contribution >= 4 is 11.0 Å². The molecule has 0 bridgehead atoms. The lowest BCUT2D eigenvalue weighted by molar-refractivity contribution is 0.176. The number of methoxy groups -OCH3 is 1. The number of rotatable bonds is 5. The van der Waals surface area contributed by atoms with Crippen molar-refractivity contribution in [3.63, 3.8) is 0 Å². The number of ether oxygens (including phenoxy) is 2. The quantitative estimate of drug-likeness (QED) is 0.914. The Labute approximate surface area is 125 Å². The summed E-state index contributed by atoms with van der Waals surface area (Å²) in [6.45, 7) is 6.09. The van der Waals surface area contributed by atoms with Crippen LogP contribution in [-0.2, 0) is 4.74 Å². The first-order valence-electron chi connectivity index (χ1n) is 7.59. The summed E-state index contributed by atoms with van der Waals surface area (Å²) in [4.78, 5) is 0. The van der Waals surface area contributed by atoms with E-state index in [0.29, 0.717) is 12.0 Å². The van der Waals surface area contributed by atoms with Crippen LogP contribution >= 0.6 is 0 Å². The molecular weight excluding hydrogens is 266 g/mol. The Morgan fingerprint density at radius 2 is 2.19 bits per heavy atom. The van der Waals surface area contributed by atoms with Crippen molar-refractivity contribution in [1.82, 2.24) is 5.32 Å². The van der Waals surface area contributed by atoms with Crippen LogP contribution < -0.4 is 10.1 Å². The van der Waals surface area contributed by atoms with E-state index >= 15 is 0 Å². The molecule has 21 heavy (non-hydrogen) atoms. The molecule has 3 rings (SSSR count).